The van der Waals surface area contributed by atoms with E-state index in [9.17, 15) is 14.4 Å². The van der Waals surface area contributed by atoms with Crippen LogP contribution in [0.25, 0.3) is 0 Å². The Balaban J connectivity index is 1.65. The third-order valence-electron chi connectivity index (χ3n) is 4.65. The molecule has 1 aromatic carbocycles. The van der Waals surface area contributed by atoms with Crippen molar-refractivity contribution in [2.45, 2.75) is 45.6 Å². The van der Waals surface area contributed by atoms with Crippen molar-refractivity contribution in [3.63, 3.8) is 0 Å². The van der Waals surface area contributed by atoms with E-state index in [0.717, 1.165) is 25.1 Å². The Kier molecular flexibility index (Phi) is 4.97. The monoisotopic (exact) mass is 328 g/mol. The Morgan fingerprint density at radius 3 is 2.29 bits per heavy atom. The minimum atomic E-state index is -0.112. The lowest BCUT2D eigenvalue weighted by atomic mass is 10.1. The van der Waals surface area contributed by atoms with Crippen LogP contribution in [0.15, 0.2) is 24.3 Å². The highest BCUT2D eigenvalue weighted by molar-refractivity contribution is 6.01. The Hall–Kier alpha value is -2.17. The van der Waals surface area contributed by atoms with Crippen molar-refractivity contribution in [1.82, 2.24) is 9.80 Å². The summed E-state index contributed by atoms with van der Waals surface area (Å²) < 4.78 is 0. The summed E-state index contributed by atoms with van der Waals surface area (Å²) in [7, 11) is 0. The maximum Gasteiger partial charge on any atom is 0.253 e. The Labute approximate surface area is 142 Å². The van der Waals surface area contributed by atoms with E-state index in [-0.39, 0.29) is 17.7 Å². The van der Waals surface area contributed by atoms with E-state index in [2.05, 4.69) is 6.92 Å². The quantitative estimate of drug-likeness (QED) is 0.723. The zero-order chi connectivity index (χ0) is 17.1. The fourth-order valence-electron chi connectivity index (χ4n) is 3.07. The van der Waals surface area contributed by atoms with E-state index in [1.54, 1.807) is 12.1 Å². The topological polar surface area (TPSA) is 57.7 Å². The molecule has 128 valence electrons. The number of imide groups is 1. The van der Waals surface area contributed by atoms with Gasteiger partial charge in [-0.3, -0.25) is 19.3 Å². The highest BCUT2D eigenvalue weighted by Crippen LogP contribution is 2.30. The van der Waals surface area contributed by atoms with Gasteiger partial charge in [0, 0.05) is 31.5 Å². The van der Waals surface area contributed by atoms with E-state index in [1.165, 1.54) is 17.7 Å². The predicted molar refractivity (Wildman–Crippen MR) is 90.2 cm³/mol. The lowest BCUT2D eigenvalue weighted by Crippen LogP contribution is -2.33. The van der Waals surface area contributed by atoms with Gasteiger partial charge in [0.2, 0.25) is 11.8 Å². The molecule has 1 aromatic rings. The Bertz CT molecular complexity index is 619. The molecule has 0 N–H and O–H groups in total. The maximum absolute atomic E-state index is 12.7. The fourth-order valence-corrected chi connectivity index (χ4v) is 3.07. The number of amides is 3. The SMILES string of the molecule is CCCN(CC1CC1)C(=O)c1ccc(CN2C(=O)CCC2=O)cc1. The first-order valence-electron chi connectivity index (χ1n) is 8.80. The van der Waals surface area contributed by atoms with Crippen molar-refractivity contribution in [3.8, 4) is 0 Å². The second-order valence-electron chi connectivity index (χ2n) is 6.77. The molecule has 1 aliphatic carbocycles. The van der Waals surface area contributed by atoms with E-state index in [1.807, 2.05) is 17.0 Å². The van der Waals surface area contributed by atoms with Crippen LogP contribution < -0.4 is 0 Å². The van der Waals surface area contributed by atoms with Gasteiger partial charge in [0.1, 0.15) is 0 Å². The fraction of sp³-hybridized carbons (Fsp3) is 0.526. The summed E-state index contributed by atoms with van der Waals surface area (Å²) >= 11 is 0. The van der Waals surface area contributed by atoms with E-state index in [0.29, 0.717) is 30.9 Å². The molecule has 0 bridgehead atoms. The standard InChI is InChI=1S/C19H24N2O3/c1-2-11-20(12-14-3-4-14)19(24)16-7-5-15(6-8-16)13-21-17(22)9-10-18(21)23/h5-8,14H,2-4,9-13H2,1H3. The molecule has 5 nitrogen and oxygen atoms in total. The van der Waals surface area contributed by atoms with Gasteiger partial charge in [0.05, 0.1) is 6.54 Å². The van der Waals surface area contributed by atoms with Crippen LogP contribution in [0.5, 0.6) is 0 Å². The van der Waals surface area contributed by atoms with Gasteiger partial charge < -0.3 is 4.90 Å². The summed E-state index contributed by atoms with van der Waals surface area (Å²) in [5.41, 5.74) is 1.55. The van der Waals surface area contributed by atoms with E-state index < -0.39 is 0 Å². The van der Waals surface area contributed by atoms with Crippen LogP contribution in [0.3, 0.4) is 0 Å². The zero-order valence-corrected chi connectivity index (χ0v) is 14.2. The summed E-state index contributed by atoms with van der Waals surface area (Å²) in [6.07, 6.45) is 4.02. The Morgan fingerprint density at radius 2 is 1.75 bits per heavy atom. The summed E-state index contributed by atoms with van der Waals surface area (Å²) in [6, 6.07) is 7.29. The van der Waals surface area contributed by atoms with Crippen molar-refractivity contribution in [3.05, 3.63) is 35.4 Å². The molecule has 1 heterocycles. The van der Waals surface area contributed by atoms with Crippen LogP contribution in [0, 0.1) is 5.92 Å². The minimum Gasteiger partial charge on any atom is -0.338 e. The van der Waals surface area contributed by atoms with Gasteiger partial charge in [0.15, 0.2) is 0 Å². The summed E-state index contributed by atoms with van der Waals surface area (Å²) in [6.45, 7) is 4.02. The van der Waals surface area contributed by atoms with Crippen LogP contribution in [0.4, 0.5) is 0 Å². The zero-order valence-electron chi connectivity index (χ0n) is 14.2. The average Bonchev–Trinajstić information content (AvgIpc) is 3.35. The average molecular weight is 328 g/mol. The van der Waals surface area contributed by atoms with E-state index >= 15 is 0 Å². The van der Waals surface area contributed by atoms with Gasteiger partial charge in [-0.05, 0) is 42.9 Å². The molecule has 0 unspecified atom stereocenters. The number of hydrogen-bond donors (Lipinski definition) is 0. The number of nitrogens with zero attached hydrogens (tertiary/aromatic N) is 2. The lowest BCUT2D eigenvalue weighted by molar-refractivity contribution is -0.139. The molecule has 1 saturated carbocycles. The molecule has 0 spiro atoms. The molecular weight excluding hydrogens is 304 g/mol. The number of likely N-dealkylation sites (tertiary alicyclic amines) is 1. The first kappa shape index (κ1) is 16.7. The second kappa shape index (κ2) is 7.16. The third-order valence-corrected chi connectivity index (χ3v) is 4.65. The van der Waals surface area contributed by atoms with Gasteiger partial charge >= 0.3 is 0 Å². The molecule has 0 atom stereocenters. The molecule has 2 aliphatic rings. The first-order chi connectivity index (χ1) is 11.6. The van der Waals surface area contributed by atoms with Crippen molar-refractivity contribution in [2.75, 3.05) is 13.1 Å². The predicted octanol–water partition coefficient (Wildman–Crippen LogP) is 2.60. The normalized spacial score (nSPS) is 17.5. The molecule has 1 saturated heterocycles. The maximum atomic E-state index is 12.7. The minimum absolute atomic E-state index is 0.0728. The van der Waals surface area contributed by atoms with Gasteiger partial charge in [-0.15, -0.1) is 0 Å². The number of carbonyl (C=O) groups excluding carboxylic acids is 3. The lowest BCUT2D eigenvalue weighted by Gasteiger charge is -2.22. The molecule has 1 aliphatic heterocycles. The van der Waals surface area contributed by atoms with Crippen LogP contribution in [0.1, 0.15) is 54.9 Å². The summed E-state index contributed by atoms with van der Waals surface area (Å²) in [4.78, 5) is 39.3. The smallest absolute Gasteiger partial charge is 0.253 e. The van der Waals surface area contributed by atoms with Gasteiger partial charge in [-0.1, -0.05) is 19.1 Å². The molecular formula is C19H24N2O3. The van der Waals surface area contributed by atoms with Crippen LogP contribution >= 0.6 is 0 Å². The van der Waals surface area contributed by atoms with Gasteiger partial charge in [-0.2, -0.15) is 0 Å². The number of benzene rings is 1. The molecule has 0 radical (unpaired) electrons. The summed E-state index contributed by atoms with van der Waals surface area (Å²) in [5.74, 6) is 0.521. The highest BCUT2D eigenvalue weighted by Gasteiger charge is 2.29. The number of hydrogen-bond acceptors (Lipinski definition) is 3. The van der Waals surface area contributed by atoms with E-state index in [4.69, 9.17) is 0 Å². The van der Waals surface area contributed by atoms with Crippen molar-refractivity contribution in [1.29, 1.82) is 0 Å². The molecule has 0 aromatic heterocycles. The van der Waals surface area contributed by atoms with Crippen molar-refractivity contribution in [2.24, 2.45) is 5.92 Å². The Morgan fingerprint density at radius 1 is 1.12 bits per heavy atom. The molecule has 2 fully saturated rings. The summed E-state index contributed by atoms with van der Waals surface area (Å²) in [5, 5.41) is 0. The molecule has 3 rings (SSSR count). The van der Waals surface area contributed by atoms with Crippen molar-refractivity contribution >= 4 is 17.7 Å². The molecule has 5 heteroatoms. The van der Waals surface area contributed by atoms with Crippen LogP contribution in [-0.2, 0) is 16.1 Å². The van der Waals surface area contributed by atoms with Crippen molar-refractivity contribution < 1.29 is 14.4 Å². The highest BCUT2D eigenvalue weighted by atomic mass is 16.2. The van der Waals surface area contributed by atoms with Gasteiger partial charge in [-0.25, -0.2) is 0 Å². The second-order valence-corrected chi connectivity index (χ2v) is 6.77. The number of carbonyl (C=O) groups is 3. The van der Waals surface area contributed by atoms with Gasteiger partial charge in [0.25, 0.3) is 5.91 Å². The largest absolute Gasteiger partial charge is 0.338 e. The van der Waals surface area contributed by atoms with Crippen LogP contribution in [-0.4, -0.2) is 40.6 Å². The van der Waals surface area contributed by atoms with Crippen LogP contribution in [0.2, 0.25) is 0 Å². The molecule has 3 amide bonds. The third kappa shape index (κ3) is 3.83. The first-order valence-corrected chi connectivity index (χ1v) is 8.80. The number of rotatable bonds is 7. The molecule has 24 heavy (non-hydrogen) atoms.